The third kappa shape index (κ3) is 1.93. The van der Waals surface area contributed by atoms with Crippen LogP contribution in [0.5, 0.6) is 0 Å². The molecular formula is C13H4F5N. The molecule has 0 fully saturated rings. The highest BCUT2D eigenvalue weighted by atomic mass is 19.2. The van der Waals surface area contributed by atoms with E-state index >= 15 is 0 Å². The van der Waals surface area contributed by atoms with Crippen molar-refractivity contribution in [2.45, 2.75) is 0 Å². The summed E-state index contributed by atoms with van der Waals surface area (Å²) >= 11 is 0. The van der Waals surface area contributed by atoms with Crippen LogP contribution in [0.3, 0.4) is 0 Å². The molecule has 2 aromatic rings. The fourth-order valence-electron chi connectivity index (χ4n) is 1.56. The van der Waals surface area contributed by atoms with Gasteiger partial charge >= 0.3 is 0 Å². The van der Waals surface area contributed by atoms with Crippen LogP contribution in [0.15, 0.2) is 18.3 Å². The van der Waals surface area contributed by atoms with Gasteiger partial charge < -0.3 is 0 Å². The second-order valence-corrected chi connectivity index (χ2v) is 3.49. The van der Waals surface area contributed by atoms with Crippen molar-refractivity contribution in [2.75, 3.05) is 0 Å². The van der Waals surface area contributed by atoms with Gasteiger partial charge in [-0.15, -0.1) is 6.42 Å². The van der Waals surface area contributed by atoms with Crippen LogP contribution in [0.25, 0.3) is 11.1 Å². The molecule has 0 unspecified atom stereocenters. The smallest absolute Gasteiger partial charge is 0.200 e. The summed E-state index contributed by atoms with van der Waals surface area (Å²) < 4.78 is 66.3. The van der Waals surface area contributed by atoms with Crippen molar-refractivity contribution in [3.63, 3.8) is 0 Å². The zero-order chi connectivity index (χ0) is 14.2. The number of benzene rings is 1. The van der Waals surface area contributed by atoms with E-state index < -0.39 is 34.6 Å². The molecule has 1 aromatic heterocycles. The third-order valence-electron chi connectivity index (χ3n) is 2.42. The lowest BCUT2D eigenvalue weighted by molar-refractivity contribution is 0.381. The molecule has 0 radical (unpaired) electrons. The molecular weight excluding hydrogens is 265 g/mol. The summed E-state index contributed by atoms with van der Waals surface area (Å²) in [5, 5.41) is 0. The Bertz CT molecular complexity index is 674. The zero-order valence-corrected chi connectivity index (χ0v) is 9.15. The summed E-state index contributed by atoms with van der Waals surface area (Å²) in [6.45, 7) is 0. The minimum atomic E-state index is -2.22. The first kappa shape index (κ1) is 13.0. The molecule has 1 heterocycles. The van der Waals surface area contributed by atoms with E-state index in [4.69, 9.17) is 6.42 Å². The van der Waals surface area contributed by atoms with Crippen molar-refractivity contribution in [1.82, 2.24) is 4.98 Å². The van der Waals surface area contributed by atoms with Crippen LogP contribution in [-0.2, 0) is 0 Å². The number of pyridine rings is 1. The average molecular weight is 269 g/mol. The highest BCUT2D eigenvalue weighted by Crippen LogP contribution is 2.32. The fraction of sp³-hybridized carbons (Fsp3) is 0. The molecule has 19 heavy (non-hydrogen) atoms. The highest BCUT2D eigenvalue weighted by Gasteiger charge is 2.27. The Kier molecular flexibility index (Phi) is 3.21. The molecule has 0 N–H and O–H groups in total. The maximum Gasteiger partial charge on any atom is 0.200 e. The maximum atomic E-state index is 13.6. The van der Waals surface area contributed by atoms with E-state index in [1.165, 1.54) is 12.3 Å². The molecule has 0 amide bonds. The van der Waals surface area contributed by atoms with E-state index in [1.54, 1.807) is 0 Å². The molecule has 0 saturated heterocycles. The molecule has 0 spiro atoms. The van der Waals surface area contributed by atoms with Crippen LogP contribution >= 0.6 is 0 Å². The highest BCUT2D eigenvalue weighted by molar-refractivity contribution is 5.70. The Morgan fingerprint density at radius 1 is 0.895 bits per heavy atom. The largest absolute Gasteiger partial charge is 0.247 e. The quantitative estimate of drug-likeness (QED) is 0.334. The predicted molar refractivity (Wildman–Crippen MR) is 57.4 cm³/mol. The summed E-state index contributed by atoms with van der Waals surface area (Å²) in [6.07, 6.45) is 6.32. The first-order chi connectivity index (χ1) is 8.99. The normalized spacial score (nSPS) is 10.3. The van der Waals surface area contributed by atoms with Crippen molar-refractivity contribution in [3.05, 3.63) is 53.1 Å². The molecule has 0 aliphatic rings. The number of hydrogen-bond acceptors (Lipinski definition) is 1. The summed E-state index contributed by atoms with van der Waals surface area (Å²) in [4.78, 5) is 3.63. The Morgan fingerprint density at radius 2 is 1.42 bits per heavy atom. The van der Waals surface area contributed by atoms with Crippen molar-refractivity contribution in [2.24, 2.45) is 0 Å². The third-order valence-corrected chi connectivity index (χ3v) is 2.42. The van der Waals surface area contributed by atoms with Crippen LogP contribution in [0.2, 0.25) is 0 Å². The number of aromatic nitrogens is 1. The van der Waals surface area contributed by atoms with Gasteiger partial charge in [-0.3, -0.25) is 0 Å². The Morgan fingerprint density at radius 3 is 1.95 bits per heavy atom. The number of rotatable bonds is 1. The van der Waals surface area contributed by atoms with E-state index in [1.807, 2.05) is 5.92 Å². The second-order valence-electron chi connectivity index (χ2n) is 3.49. The molecule has 2 rings (SSSR count). The summed E-state index contributed by atoms with van der Waals surface area (Å²) in [6, 6.07) is 2.40. The van der Waals surface area contributed by atoms with Crippen LogP contribution in [0.1, 0.15) is 5.69 Å². The van der Waals surface area contributed by atoms with Crippen LogP contribution < -0.4 is 0 Å². The van der Waals surface area contributed by atoms with Gasteiger partial charge in [-0.2, -0.15) is 0 Å². The molecule has 0 bridgehead atoms. The number of halogens is 5. The van der Waals surface area contributed by atoms with Crippen molar-refractivity contribution < 1.29 is 22.0 Å². The number of hydrogen-bond donors (Lipinski definition) is 0. The monoisotopic (exact) mass is 269 g/mol. The Labute approximate surface area is 104 Å². The summed E-state index contributed by atoms with van der Waals surface area (Å²) in [5.74, 6) is -8.14. The summed E-state index contributed by atoms with van der Waals surface area (Å²) in [7, 11) is 0. The van der Waals surface area contributed by atoms with E-state index in [9.17, 15) is 22.0 Å². The van der Waals surface area contributed by atoms with Crippen molar-refractivity contribution in [1.29, 1.82) is 0 Å². The van der Waals surface area contributed by atoms with E-state index in [0.29, 0.717) is 0 Å². The fourth-order valence-corrected chi connectivity index (χ4v) is 1.56. The lowest BCUT2D eigenvalue weighted by Crippen LogP contribution is -2.05. The molecule has 1 aromatic carbocycles. The Balaban J connectivity index is 2.88. The lowest BCUT2D eigenvalue weighted by Gasteiger charge is -2.09. The maximum absolute atomic E-state index is 13.6. The van der Waals surface area contributed by atoms with Crippen molar-refractivity contribution >= 4 is 0 Å². The molecule has 0 aliphatic carbocycles. The SMILES string of the molecule is C#Cc1ncccc1-c1c(F)c(F)c(F)c(F)c1F. The van der Waals surface area contributed by atoms with Gasteiger partial charge in [0.25, 0.3) is 0 Å². The number of terminal acetylenes is 1. The molecule has 96 valence electrons. The molecule has 0 aliphatic heterocycles. The molecule has 0 atom stereocenters. The van der Waals surface area contributed by atoms with E-state index in [0.717, 1.165) is 6.07 Å². The summed E-state index contributed by atoms with van der Waals surface area (Å²) in [5.41, 5.74) is -1.64. The van der Waals surface area contributed by atoms with Crippen LogP contribution in [0.4, 0.5) is 22.0 Å². The zero-order valence-electron chi connectivity index (χ0n) is 9.15. The first-order valence-corrected chi connectivity index (χ1v) is 4.92. The average Bonchev–Trinajstić information content (AvgIpc) is 2.44. The van der Waals surface area contributed by atoms with Gasteiger partial charge in [-0.05, 0) is 18.1 Å². The van der Waals surface area contributed by atoms with Crippen LogP contribution in [-0.4, -0.2) is 4.98 Å². The van der Waals surface area contributed by atoms with Gasteiger partial charge in [-0.1, -0.05) is 0 Å². The van der Waals surface area contributed by atoms with Gasteiger partial charge in [0.2, 0.25) is 5.82 Å². The Hall–Kier alpha value is -2.42. The van der Waals surface area contributed by atoms with Gasteiger partial charge in [-0.25, -0.2) is 26.9 Å². The molecule has 1 nitrogen and oxygen atoms in total. The van der Waals surface area contributed by atoms with Gasteiger partial charge in [0.05, 0.1) is 5.56 Å². The van der Waals surface area contributed by atoms with Crippen LogP contribution in [0, 0.1) is 41.4 Å². The minimum Gasteiger partial charge on any atom is -0.247 e. The van der Waals surface area contributed by atoms with Gasteiger partial charge in [0.1, 0.15) is 5.69 Å². The van der Waals surface area contributed by atoms with E-state index in [2.05, 4.69) is 4.98 Å². The van der Waals surface area contributed by atoms with Gasteiger partial charge in [0.15, 0.2) is 23.3 Å². The topological polar surface area (TPSA) is 12.9 Å². The first-order valence-electron chi connectivity index (χ1n) is 4.92. The predicted octanol–water partition coefficient (Wildman–Crippen LogP) is 3.43. The number of nitrogens with zero attached hydrogens (tertiary/aromatic N) is 1. The van der Waals surface area contributed by atoms with Crippen molar-refractivity contribution in [3.8, 4) is 23.5 Å². The molecule has 6 heteroatoms. The van der Waals surface area contributed by atoms with E-state index in [-0.39, 0.29) is 11.3 Å². The molecule has 0 saturated carbocycles. The van der Waals surface area contributed by atoms with Gasteiger partial charge in [0, 0.05) is 11.8 Å². The minimum absolute atomic E-state index is 0.217. The second kappa shape index (κ2) is 4.69. The standard InChI is InChI=1S/C13H4F5N/c1-2-7-6(4-3-5-19-7)8-9(14)11(16)13(18)12(17)10(8)15/h1,3-5H. The lowest BCUT2D eigenvalue weighted by atomic mass is 10.0.